The van der Waals surface area contributed by atoms with E-state index >= 15 is 14.4 Å². The zero-order valence-electron chi connectivity index (χ0n) is 38.3. The summed E-state index contributed by atoms with van der Waals surface area (Å²) in [5, 5.41) is 1.35. The first-order chi connectivity index (χ1) is 31.9. The molecule has 5 unspecified atom stereocenters. The van der Waals surface area contributed by atoms with Crippen LogP contribution in [0.15, 0.2) is 60.8 Å². The van der Waals surface area contributed by atoms with Crippen LogP contribution in [0.3, 0.4) is 0 Å². The van der Waals surface area contributed by atoms with Gasteiger partial charge in [0.15, 0.2) is 0 Å². The number of fused-ring (bicyclic) bond motifs is 2. The Morgan fingerprint density at radius 3 is 2.18 bits per heavy atom. The van der Waals surface area contributed by atoms with E-state index in [0.717, 1.165) is 16.5 Å². The smallest absolute Gasteiger partial charge is 0.465 e. The maximum atomic E-state index is 15.4. The van der Waals surface area contributed by atoms with Gasteiger partial charge in [-0.1, -0.05) is 23.7 Å². The predicted molar refractivity (Wildman–Crippen MR) is 265 cm³/mol. The second kappa shape index (κ2) is 18.6. The number of rotatable bonds is 15. The highest BCUT2D eigenvalue weighted by molar-refractivity contribution is 7.99. The van der Waals surface area contributed by atoms with Crippen LogP contribution in [0.1, 0.15) is 48.1 Å². The summed E-state index contributed by atoms with van der Waals surface area (Å²) in [4.78, 5) is 63.8. The lowest BCUT2D eigenvalue weighted by Crippen LogP contribution is -2.83. The molecule has 0 saturated carbocycles. The molecule has 6 aliphatic rings. The van der Waals surface area contributed by atoms with Gasteiger partial charge in [-0.05, 0) is 123 Å². The van der Waals surface area contributed by atoms with Gasteiger partial charge in [0, 0.05) is 35.6 Å². The summed E-state index contributed by atoms with van der Waals surface area (Å²) in [5.41, 5.74) is 18.5. The van der Waals surface area contributed by atoms with Gasteiger partial charge in [0.25, 0.3) is 0 Å². The maximum Gasteiger partial charge on any atom is 0.707 e. The van der Waals surface area contributed by atoms with Gasteiger partial charge in [0.1, 0.15) is 28.0 Å². The van der Waals surface area contributed by atoms with Crippen molar-refractivity contribution in [2.45, 2.75) is 67.4 Å². The predicted octanol–water partition coefficient (Wildman–Crippen LogP) is 6.63. The summed E-state index contributed by atoms with van der Waals surface area (Å²) in [7, 11) is -1.39. The number of methoxy groups -OCH3 is 1. The van der Waals surface area contributed by atoms with E-state index < -0.39 is 66.9 Å². The van der Waals surface area contributed by atoms with Gasteiger partial charge < -0.3 is 49.3 Å². The summed E-state index contributed by atoms with van der Waals surface area (Å²) in [6, 6.07) is 15.0. The van der Waals surface area contributed by atoms with Gasteiger partial charge >= 0.3 is 38.7 Å². The Labute approximate surface area is 407 Å². The van der Waals surface area contributed by atoms with E-state index in [9.17, 15) is 4.79 Å². The molecule has 3 bridgehead atoms. The van der Waals surface area contributed by atoms with E-state index in [0.29, 0.717) is 44.4 Å². The quantitative estimate of drug-likeness (QED) is 0.0739. The third-order valence-corrected chi connectivity index (χ3v) is 18.1. The van der Waals surface area contributed by atoms with Crippen molar-refractivity contribution in [1.29, 1.82) is 0 Å². The molecule has 0 radical (unpaired) electrons. The number of esters is 1. The highest BCUT2D eigenvalue weighted by atomic mass is 35.5. The molecule has 6 saturated heterocycles. The minimum atomic E-state index is -4.65. The molecule has 21 heteroatoms. The molecule has 6 fully saturated rings. The number of aromatic nitrogens is 3. The third-order valence-electron chi connectivity index (χ3n) is 13.7. The van der Waals surface area contributed by atoms with Crippen LogP contribution in [0.25, 0.3) is 33.1 Å². The van der Waals surface area contributed by atoms with E-state index in [1.54, 1.807) is 42.7 Å². The molecule has 3 aromatic carbocycles. The van der Waals surface area contributed by atoms with Crippen LogP contribution in [0.4, 0.5) is 0 Å². The molecule has 2 aromatic heterocycles. The number of carbonyl (C=O) groups is 4. The molecule has 1 spiro atoms. The van der Waals surface area contributed by atoms with Crippen molar-refractivity contribution >= 4 is 102 Å². The average molecular weight is 1010 g/mol. The molecule has 8 heterocycles. The largest absolute Gasteiger partial charge is 0.707 e. The SMILES string of the molecule is COC(=O)c1cc(Oc2nc3cc(-c4ccc5c(ccn5C)c4)c(Cl)cc3n2C(C)C23OCC[Si]4(OC(=O)C(N)(CCSC)C2C(N)(CCSC)C(=O)O4)OC(=O)C3(N)CCSC)ccc1C. The summed E-state index contributed by atoms with van der Waals surface area (Å²) in [6.45, 7) is 3.28. The lowest BCUT2D eigenvalue weighted by molar-refractivity contribution is -0.208. The van der Waals surface area contributed by atoms with Gasteiger partial charge in [-0.2, -0.15) is 40.3 Å². The summed E-state index contributed by atoms with van der Waals surface area (Å²) in [5.74, 6) is -3.96. The van der Waals surface area contributed by atoms with Gasteiger partial charge in [-0.3, -0.25) is 19.0 Å². The monoisotopic (exact) mass is 1010 g/mol. The van der Waals surface area contributed by atoms with Crippen molar-refractivity contribution in [1.82, 2.24) is 14.1 Å². The van der Waals surface area contributed by atoms with Crippen LogP contribution < -0.4 is 21.9 Å². The van der Waals surface area contributed by atoms with Gasteiger partial charge in [-0.15, -0.1) is 0 Å². The number of halogens is 1. The summed E-state index contributed by atoms with van der Waals surface area (Å²) < 4.78 is 41.5. The minimum absolute atomic E-state index is 0.0460. The van der Waals surface area contributed by atoms with Crippen molar-refractivity contribution in [3.63, 3.8) is 0 Å². The fraction of sp³-hybridized carbons (Fsp3) is 0.457. The molecule has 0 amide bonds. The Morgan fingerprint density at radius 2 is 1.54 bits per heavy atom. The molecule has 16 nitrogen and oxygen atoms in total. The molecule has 358 valence electrons. The Morgan fingerprint density at radius 1 is 0.896 bits per heavy atom. The normalized spacial score (nSPS) is 27.7. The number of hydrogen-bond acceptors (Lipinski definition) is 17. The van der Waals surface area contributed by atoms with Crippen LogP contribution in [0, 0.1) is 12.8 Å². The van der Waals surface area contributed by atoms with Crippen LogP contribution in [-0.4, -0.2) is 119 Å². The molecule has 5 atom stereocenters. The van der Waals surface area contributed by atoms with E-state index in [-0.39, 0.29) is 49.2 Å². The van der Waals surface area contributed by atoms with E-state index in [2.05, 4.69) is 0 Å². The zero-order valence-corrected chi connectivity index (χ0v) is 42.5. The van der Waals surface area contributed by atoms with Crippen molar-refractivity contribution in [3.05, 3.63) is 76.9 Å². The minimum Gasteiger partial charge on any atom is -0.465 e. The Bertz CT molecular complexity index is 2760. The van der Waals surface area contributed by atoms with Crippen LogP contribution in [0.2, 0.25) is 11.1 Å². The van der Waals surface area contributed by atoms with Crippen LogP contribution in [-0.2, 0) is 44.2 Å². The van der Waals surface area contributed by atoms with Crippen molar-refractivity contribution in [2.24, 2.45) is 30.2 Å². The number of hydrogen-bond donors (Lipinski definition) is 3. The molecule has 0 aliphatic carbocycles. The van der Waals surface area contributed by atoms with E-state index in [4.69, 9.17) is 61.3 Å². The molecule has 6 aliphatic heterocycles. The highest BCUT2D eigenvalue weighted by Gasteiger charge is 2.79. The molecule has 67 heavy (non-hydrogen) atoms. The molecule has 6 N–H and O–H groups in total. The lowest BCUT2D eigenvalue weighted by Gasteiger charge is -2.60. The average Bonchev–Trinajstić information content (AvgIpc) is 3.87. The van der Waals surface area contributed by atoms with Gasteiger partial charge in [0.2, 0.25) is 0 Å². The highest BCUT2D eigenvalue weighted by Crippen LogP contribution is 2.58. The Balaban J connectivity index is 1.48. The zero-order chi connectivity index (χ0) is 48.3. The fourth-order valence-corrected chi connectivity index (χ4v) is 14.3. The van der Waals surface area contributed by atoms with Crippen LogP contribution in [0.5, 0.6) is 11.8 Å². The Kier molecular flexibility index (Phi) is 13.6. The standard InChI is InChI=1S/C46H55ClN6O10S3Si/c1-26-8-10-30(23-31(26)37(54)58-4)60-42-51-34-24-32(28-9-11-35-29(22-28)12-16-52(35)3)33(47)25-36(34)53(42)27(2)46-38-43(48,13-18-64-5)39(55)61-67(21-17-59-46,62-40(56)44(38,49)14-19-65-6)63-41(57)45(46,50)15-20-66-7/h8-12,16,22-25,27,38H,13-15,17-21,48-50H2,1-7H3. The fourth-order valence-electron chi connectivity index (χ4n) is 10.2. The van der Waals surface area contributed by atoms with E-state index in [1.165, 1.54) is 42.4 Å². The van der Waals surface area contributed by atoms with Gasteiger partial charge in [0.05, 0.1) is 47.4 Å². The van der Waals surface area contributed by atoms with Gasteiger partial charge in [-0.25, -0.2) is 4.79 Å². The number of thioether (sulfide) groups is 3. The second-order valence-electron chi connectivity index (χ2n) is 17.5. The number of nitrogens with zero attached hydrogens (tertiary/aromatic N) is 3. The molecular formula is C46H55ClN6O10S3Si. The van der Waals surface area contributed by atoms with Crippen molar-refractivity contribution in [3.8, 4) is 22.9 Å². The topological polar surface area (TPSA) is 224 Å². The van der Waals surface area contributed by atoms with Crippen molar-refractivity contribution < 1.29 is 46.7 Å². The summed E-state index contributed by atoms with van der Waals surface area (Å²) in [6.07, 6.45) is 7.35. The molecule has 5 aromatic rings. The van der Waals surface area contributed by atoms with E-state index in [1.807, 2.05) is 66.9 Å². The summed E-state index contributed by atoms with van der Waals surface area (Å²) >= 11 is 11.6. The maximum absolute atomic E-state index is 15.4. The molecule has 11 rings (SSSR count). The molecular weight excluding hydrogens is 956 g/mol. The number of imidazole rings is 1. The first-order valence-electron chi connectivity index (χ1n) is 21.7. The third kappa shape index (κ3) is 8.02. The number of nitrogens with two attached hydrogens (primary N) is 3. The first kappa shape index (κ1) is 49.2. The first-order valence-corrected chi connectivity index (χ1v) is 28.2. The number of aryl methyl sites for hydroxylation is 2. The number of carbonyl (C=O) groups excluding carboxylic acids is 4. The van der Waals surface area contributed by atoms with Crippen LogP contribution >= 0.6 is 46.9 Å². The second-order valence-corrected chi connectivity index (χ2v) is 23.3. The number of benzene rings is 3. The Hall–Kier alpha value is -4.25. The van der Waals surface area contributed by atoms with Crippen molar-refractivity contribution in [2.75, 3.05) is 49.7 Å². The number of ether oxygens (including phenoxy) is 3. The lowest BCUT2D eigenvalue weighted by atomic mass is 9.53.